The van der Waals surface area contributed by atoms with Gasteiger partial charge in [-0.15, -0.1) is 11.8 Å². The lowest BCUT2D eigenvalue weighted by Crippen LogP contribution is -2.46. The number of nitrogens with one attached hydrogen (secondary N) is 1. The summed E-state index contributed by atoms with van der Waals surface area (Å²) in [4.78, 5) is 18.1. The predicted molar refractivity (Wildman–Crippen MR) is 136 cm³/mol. The van der Waals surface area contributed by atoms with E-state index in [4.69, 9.17) is 23.2 Å². The highest BCUT2D eigenvalue weighted by Crippen LogP contribution is 2.23. The number of thioether (sulfide) groups is 1. The van der Waals surface area contributed by atoms with Crippen LogP contribution in [0.3, 0.4) is 0 Å². The van der Waals surface area contributed by atoms with Gasteiger partial charge in [0.15, 0.2) is 0 Å². The largest absolute Gasteiger partial charge is 0.369 e. The van der Waals surface area contributed by atoms with Crippen molar-refractivity contribution < 1.29 is 4.79 Å². The third-order valence-corrected chi connectivity index (χ3v) is 7.06. The molecule has 7 heteroatoms. The van der Waals surface area contributed by atoms with Crippen LogP contribution in [0.2, 0.25) is 10.0 Å². The highest BCUT2D eigenvalue weighted by atomic mass is 35.5. The van der Waals surface area contributed by atoms with Crippen LogP contribution in [0, 0.1) is 0 Å². The first kappa shape index (κ1) is 23.0. The fourth-order valence-electron chi connectivity index (χ4n) is 3.66. The predicted octanol–water partition coefficient (Wildman–Crippen LogP) is 6.05. The van der Waals surface area contributed by atoms with Crippen LogP contribution in [0.25, 0.3) is 0 Å². The quantitative estimate of drug-likeness (QED) is 0.413. The van der Waals surface area contributed by atoms with Gasteiger partial charge in [-0.1, -0.05) is 41.4 Å². The molecule has 3 aromatic carbocycles. The second-order valence-corrected chi connectivity index (χ2v) is 9.58. The average molecular weight is 486 g/mol. The molecule has 0 bridgehead atoms. The summed E-state index contributed by atoms with van der Waals surface area (Å²) in [5.41, 5.74) is 3.17. The first-order chi connectivity index (χ1) is 15.6. The maximum atomic E-state index is 12.3. The Hall–Kier alpha value is -2.18. The van der Waals surface area contributed by atoms with Gasteiger partial charge in [-0.25, -0.2) is 0 Å². The molecular formula is C25H25Cl2N3OS. The Morgan fingerprint density at radius 2 is 1.56 bits per heavy atom. The van der Waals surface area contributed by atoms with Crippen LogP contribution in [0.1, 0.15) is 5.56 Å². The van der Waals surface area contributed by atoms with Crippen LogP contribution < -0.4 is 10.2 Å². The molecule has 0 saturated carbocycles. The first-order valence-electron chi connectivity index (χ1n) is 10.6. The third-order valence-electron chi connectivity index (χ3n) is 5.42. The number of nitrogens with zero attached hydrogens (tertiary/aromatic N) is 2. The van der Waals surface area contributed by atoms with E-state index in [0.29, 0.717) is 10.8 Å². The van der Waals surface area contributed by atoms with Crippen LogP contribution in [-0.2, 0) is 11.3 Å². The number of hydrogen-bond donors (Lipinski definition) is 1. The highest BCUT2D eigenvalue weighted by molar-refractivity contribution is 8.00. The summed E-state index contributed by atoms with van der Waals surface area (Å²) >= 11 is 13.7. The summed E-state index contributed by atoms with van der Waals surface area (Å²) in [6, 6.07) is 23.6. The van der Waals surface area contributed by atoms with E-state index in [2.05, 4.69) is 33.3 Å². The van der Waals surface area contributed by atoms with Crippen molar-refractivity contribution in [2.24, 2.45) is 0 Å². The Kier molecular flexibility index (Phi) is 7.98. The van der Waals surface area contributed by atoms with E-state index in [0.717, 1.165) is 48.3 Å². The molecule has 1 amide bonds. The number of piperazine rings is 1. The van der Waals surface area contributed by atoms with Gasteiger partial charge in [-0.2, -0.15) is 0 Å². The molecule has 1 aliphatic heterocycles. The second-order valence-electron chi connectivity index (χ2n) is 7.69. The van der Waals surface area contributed by atoms with Crippen molar-refractivity contribution in [3.05, 3.63) is 88.4 Å². The van der Waals surface area contributed by atoms with Gasteiger partial charge in [0.05, 0.1) is 5.75 Å². The smallest absolute Gasteiger partial charge is 0.234 e. The number of benzene rings is 3. The van der Waals surface area contributed by atoms with Gasteiger partial charge < -0.3 is 10.2 Å². The fraction of sp³-hybridized carbons (Fsp3) is 0.240. The lowest BCUT2D eigenvalue weighted by atomic mass is 10.2. The van der Waals surface area contributed by atoms with Crippen LogP contribution in [0.4, 0.5) is 11.4 Å². The monoisotopic (exact) mass is 485 g/mol. The van der Waals surface area contributed by atoms with Gasteiger partial charge in [0.1, 0.15) is 0 Å². The topological polar surface area (TPSA) is 35.6 Å². The summed E-state index contributed by atoms with van der Waals surface area (Å²) < 4.78 is 0. The summed E-state index contributed by atoms with van der Waals surface area (Å²) in [5.74, 6) is 0.336. The van der Waals surface area contributed by atoms with Crippen LogP contribution in [0.5, 0.6) is 0 Å². The summed E-state index contributed by atoms with van der Waals surface area (Å²) in [7, 11) is 0. The molecular weight excluding hydrogens is 461 g/mol. The Labute approximate surface area is 203 Å². The van der Waals surface area contributed by atoms with Crippen molar-refractivity contribution in [1.82, 2.24) is 4.90 Å². The van der Waals surface area contributed by atoms with E-state index in [9.17, 15) is 4.79 Å². The minimum absolute atomic E-state index is 0.0223. The molecule has 166 valence electrons. The van der Waals surface area contributed by atoms with Crippen molar-refractivity contribution >= 4 is 52.2 Å². The van der Waals surface area contributed by atoms with Gasteiger partial charge in [-0.05, 0) is 60.2 Å². The lowest BCUT2D eigenvalue weighted by molar-refractivity contribution is -0.113. The summed E-state index contributed by atoms with van der Waals surface area (Å²) in [6.07, 6.45) is 0. The Balaban J connectivity index is 1.23. The molecule has 32 heavy (non-hydrogen) atoms. The van der Waals surface area contributed by atoms with E-state index in [-0.39, 0.29) is 5.91 Å². The molecule has 1 aliphatic rings. The molecule has 0 spiro atoms. The zero-order valence-electron chi connectivity index (χ0n) is 17.6. The van der Waals surface area contributed by atoms with Crippen molar-refractivity contribution in [3.63, 3.8) is 0 Å². The lowest BCUT2D eigenvalue weighted by Gasteiger charge is -2.36. The molecule has 1 N–H and O–H groups in total. The van der Waals surface area contributed by atoms with E-state index < -0.39 is 0 Å². The number of carbonyl (C=O) groups excluding carboxylic acids is 1. The molecule has 1 fully saturated rings. The highest BCUT2D eigenvalue weighted by Gasteiger charge is 2.18. The minimum atomic E-state index is -0.0223. The van der Waals surface area contributed by atoms with Gasteiger partial charge in [-0.3, -0.25) is 9.69 Å². The van der Waals surface area contributed by atoms with Gasteiger partial charge in [0.2, 0.25) is 5.91 Å². The summed E-state index contributed by atoms with van der Waals surface area (Å²) in [5, 5.41) is 4.50. The van der Waals surface area contributed by atoms with Crippen molar-refractivity contribution in [2.45, 2.75) is 11.4 Å². The van der Waals surface area contributed by atoms with E-state index in [1.54, 1.807) is 0 Å². The van der Waals surface area contributed by atoms with Crippen molar-refractivity contribution in [3.8, 4) is 0 Å². The van der Waals surface area contributed by atoms with Crippen molar-refractivity contribution in [1.29, 1.82) is 0 Å². The molecule has 0 atom stereocenters. The van der Waals surface area contributed by atoms with Crippen LogP contribution in [-0.4, -0.2) is 42.7 Å². The number of halogens is 2. The second kappa shape index (κ2) is 11.1. The van der Waals surface area contributed by atoms with E-state index in [1.165, 1.54) is 23.0 Å². The zero-order chi connectivity index (χ0) is 22.3. The third kappa shape index (κ3) is 6.42. The maximum Gasteiger partial charge on any atom is 0.234 e. The fourth-order valence-corrected chi connectivity index (χ4v) is 4.68. The standard InChI is InChI=1S/C25H25Cl2N3OS/c26-20-5-11-23(12-6-20)32-18-25(31)28-21-7-9-22(10-8-21)30-15-13-29(14-16-30)17-19-3-1-2-4-24(19)27/h1-12H,13-18H2,(H,28,31). The number of hydrogen-bond acceptors (Lipinski definition) is 4. The molecule has 4 nitrogen and oxygen atoms in total. The van der Waals surface area contributed by atoms with Gasteiger partial charge >= 0.3 is 0 Å². The molecule has 0 unspecified atom stereocenters. The van der Waals surface area contributed by atoms with Gasteiger partial charge in [0, 0.05) is 59.0 Å². The Bertz CT molecular complexity index is 1040. The normalized spacial score (nSPS) is 14.4. The number of carbonyl (C=O) groups is 1. The average Bonchev–Trinajstić information content (AvgIpc) is 2.81. The number of rotatable bonds is 7. The van der Waals surface area contributed by atoms with Crippen molar-refractivity contribution in [2.75, 3.05) is 42.1 Å². The molecule has 1 heterocycles. The first-order valence-corrected chi connectivity index (χ1v) is 12.3. The SMILES string of the molecule is O=C(CSc1ccc(Cl)cc1)Nc1ccc(N2CCN(Cc3ccccc3Cl)CC2)cc1. The summed E-state index contributed by atoms with van der Waals surface area (Å²) in [6.45, 7) is 4.80. The Morgan fingerprint density at radius 3 is 2.25 bits per heavy atom. The van der Waals surface area contributed by atoms with Crippen LogP contribution in [0.15, 0.2) is 77.7 Å². The number of anilines is 2. The minimum Gasteiger partial charge on any atom is -0.369 e. The maximum absolute atomic E-state index is 12.3. The molecule has 4 rings (SSSR count). The zero-order valence-corrected chi connectivity index (χ0v) is 20.0. The Morgan fingerprint density at radius 1 is 0.875 bits per heavy atom. The molecule has 3 aromatic rings. The van der Waals surface area contributed by atoms with Gasteiger partial charge in [0.25, 0.3) is 0 Å². The molecule has 0 aromatic heterocycles. The van der Waals surface area contributed by atoms with E-state index >= 15 is 0 Å². The number of amides is 1. The van der Waals surface area contributed by atoms with Crippen LogP contribution >= 0.6 is 35.0 Å². The van der Waals surface area contributed by atoms with E-state index in [1.807, 2.05) is 54.6 Å². The molecule has 1 saturated heterocycles. The molecule has 0 radical (unpaired) electrons. The molecule has 0 aliphatic carbocycles.